The highest BCUT2D eigenvalue weighted by Crippen LogP contribution is 2.43. The number of phosphoric acid groups is 1. The van der Waals surface area contributed by atoms with Crippen LogP contribution in [0.3, 0.4) is 0 Å². The molecule has 0 aromatic rings. The predicted octanol–water partition coefficient (Wildman–Crippen LogP) is 19.9. The molecular formula is C65H116NO8P. The van der Waals surface area contributed by atoms with Gasteiger partial charge in [-0.25, -0.2) is 4.57 Å². The molecule has 0 heterocycles. The van der Waals surface area contributed by atoms with E-state index in [0.717, 1.165) is 77.0 Å². The summed E-state index contributed by atoms with van der Waals surface area (Å²) in [6, 6.07) is 0. The van der Waals surface area contributed by atoms with E-state index in [0.29, 0.717) is 6.42 Å². The Kier molecular flexibility index (Phi) is 58.2. The normalized spacial score (nSPS) is 13.6. The van der Waals surface area contributed by atoms with Gasteiger partial charge in [0.05, 0.1) is 13.2 Å². The van der Waals surface area contributed by atoms with Crippen LogP contribution < -0.4 is 5.73 Å². The molecule has 434 valence electrons. The minimum atomic E-state index is -4.39. The van der Waals surface area contributed by atoms with Crippen molar-refractivity contribution in [1.29, 1.82) is 0 Å². The van der Waals surface area contributed by atoms with E-state index in [9.17, 15) is 19.0 Å². The molecule has 0 aliphatic rings. The van der Waals surface area contributed by atoms with E-state index in [1.54, 1.807) is 0 Å². The van der Waals surface area contributed by atoms with Crippen molar-refractivity contribution in [3.8, 4) is 0 Å². The van der Waals surface area contributed by atoms with Crippen molar-refractivity contribution < 1.29 is 37.6 Å². The van der Waals surface area contributed by atoms with Crippen molar-refractivity contribution in [2.45, 2.75) is 290 Å². The zero-order chi connectivity index (χ0) is 54.5. The van der Waals surface area contributed by atoms with Gasteiger partial charge in [-0.05, 0) is 89.9 Å². The fourth-order valence-corrected chi connectivity index (χ4v) is 9.46. The Morgan fingerprint density at radius 2 is 0.733 bits per heavy atom. The summed E-state index contributed by atoms with van der Waals surface area (Å²) < 4.78 is 33.1. The van der Waals surface area contributed by atoms with E-state index in [-0.39, 0.29) is 38.6 Å². The van der Waals surface area contributed by atoms with Gasteiger partial charge in [-0.1, -0.05) is 266 Å². The van der Waals surface area contributed by atoms with Crippen molar-refractivity contribution in [2.75, 3.05) is 26.4 Å². The van der Waals surface area contributed by atoms with Gasteiger partial charge in [-0.2, -0.15) is 0 Å². The first-order valence-electron chi connectivity index (χ1n) is 31.1. The lowest BCUT2D eigenvalue weighted by molar-refractivity contribution is -0.161. The maximum atomic E-state index is 12.7. The van der Waals surface area contributed by atoms with E-state index < -0.39 is 26.5 Å². The number of allylic oxidation sites excluding steroid dienone is 14. The fourth-order valence-electron chi connectivity index (χ4n) is 8.69. The smallest absolute Gasteiger partial charge is 0.462 e. The lowest BCUT2D eigenvalue weighted by Gasteiger charge is -2.19. The number of carbonyl (C=O) groups excluding carboxylic acids is 2. The van der Waals surface area contributed by atoms with Gasteiger partial charge in [0.15, 0.2) is 6.10 Å². The highest BCUT2D eigenvalue weighted by Gasteiger charge is 2.26. The Labute approximate surface area is 462 Å². The number of carbonyl (C=O) groups is 2. The molecule has 0 amide bonds. The first kappa shape index (κ1) is 72.2. The monoisotopic (exact) mass is 1070 g/mol. The van der Waals surface area contributed by atoms with Gasteiger partial charge in [-0.15, -0.1) is 0 Å². The van der Waals surface area contributed by atoms with Crippen LogP contribution in [-0.4, -0.2) is 49.3 Å². The van der Waals surface area contributed by atoms with Crippen molar-refractivity contribution in [3.05, 3.63) is 85.1 Å². The highest BCUT2D eigenvalue weighted by atomic mass is 31.2. The molecule has 2 unspecified atom stereocenters. The minimum absolute atomic E-state index is 0.0506. The van der Waals surface area contributed by atoms with Gasteiger partial charge in [0.25, 0.3) is 0 Å². The first-order valence-corrected chi connectivity index (χ1v) is 32.6. The second kappa shape index (κ2) is 60.4. The molecule has 0 aliphatic heterocycles. The largest absolute Gasteiger partial charge is 0.472 e. The molecule has 0 aliphatic carbocycles. The number of rotatable bonds is 58. The number of hydrogen-bond acceptors (Lipinski definition) is 8. The number of hydrogen-bond donors (Lipinski definition) is 2. The molecule has 0 aromatic carbocycles. The van der Waals surface area contributed by atoms with E-state index in [1.165, 1.54) is 173 Å². The predicted molar refractivity (Wildman–Crippen MR) is 321 cm³/mol. The number of ether oxygens (including phenoxy) is 2. The van der Waals surface area contributed by atoms with E-state index in [4.69, 9.17) is 24.3 Å². The zero-order valence-corrected chi connectivity index (χ0v) is 49.4. The summed E-state index contributed by atoms with van der Waals surface area (Å²) in [5.41, 5.74) is 5.39. The summed E-state index contributed by atoms with van der Waals surface area (Å²) in [6.45, 7) is 3.64. The summed E-state index contributed by atoms with van der Waals surface area (Å²) in [5.74, 6) is -0.826. The first-order chi connectivity index (χ1) is 36.8. The van der Waals surface area contributed by atoms with Crippen molar-refractivity contribution >= 4 is 19.8 Å². The van der Waals surface area contributed by atoms with Gasteiger partial charge >= 0.3 is 19.8 Å². The van der Waals surface area contributed by atoms with Gasteiger partial charge in [0.1, 0.15) is 6.61 Å². The Bertz CT molecular complexity index is 1500. The van der Waals surface area contributed by atoms with Crippen molar-refractivity contribution in [3.63, 3.8) is 0 Å². The molecule has 0 fully saturated rings. The molecule has 3 N–H and O–H groups in total. The van der Waals surface area contributed by atoms with Crippen LogP contribution in [0.5, 0.6) is 0 Å². The number of unbranched alkanes of at least 4 members (excludes halogenated alkanes) is 31. The summed E-state index contributed by atoms with van der Waals surface area (Å²) in [5, 5.41) is 0. The minimum Gasteiger partial charge on any atom is -0.462 e. The molecule has 75 heavy (non-hydrogen) atoms. The average Bonchev–Trinajstić information content (AvgIpc) is 3.40. The van der Waals surface area contributed by atoms with Gasteiger partial charge < -0.3 is 20.1 Å². The molecule has 9 nitrogen and oxygen atoms in total. The number of nitrogens with two attached hydrogens (primary N) is 1. The molecule has 0 rings (SSSR count). The van der Waals surface area contributed by atoms with Gasteiger partial charge in [-0.3, -0.25) is 18.6 Å². The molecule has 10 heteroatoms. The molecular weight excluding hydrogens is 954 g/mol. The molecule has 0 saturated carbocycles. The number of phosphoric ester groups is 1. The summed E-state index contributed by atoms with van der Waals surface area (Å²) >= 11 is 0. The van der Waals surface area contributed by atoms with E-state index in [1.807, 2.05) is 0 Å². The fraction of sp³-hybridized carbons (Fsp3) is 0.754. The molecule has 0 saturated heterocycles. The maximum Gasteiger partial charge on any atom is 0.472 e. The third-order valence-electron chi connectivity index (χ3n) is 13.3. The molecule has 2 atom stereocenters. The molecule has 0 spiro atoms. The van der Waals surface area contributed by atoms with Crippen LogP contribution in [0.2, 0.25) is 0 Å². The Balaban J connectivity index is 3.94. The van der Waals surface area contributed by atoms with Crippen LogP contribution in [0.15, 0.2) is 85.1 Å². The molecule has 0 aromatic heterocycles. The third-order valence-corrected chi connectivity index (χ3v) is 14.2. The summed E-state index contributed by atoms with van der Waals surface area (Å²) in [6.07, 6.45) is 79.3. The SMILES string of the molecule is CC/C=C\C/C=C\C/C=C\C/C=C\CCCCCCCCCCCCCCCCCCC(=O)OC(COC(=O)CCCCCCCCCCCC/C=C\C/C=C\C/C=C\CCCCCCC)COP(=O)(O)OCCN. The third kappa shape index (κ3) is 60.3. The molecule has 0 radical (unpaired) electrons. The lowest BCUT2D eigenvalue weighted by atomic mass is 10.0. The van der Waals surface area contributed by atoms with Crippen LogP contribution in [0.1, 0.15) is 284 Å². The van der Waals surface area contributed by atoms with Crippen molar-refractivity contribution in [1.82, 2.24) is 0 Å². The number of esters is 2. The van der Waals surface area contributed by atoms with Gasteiger partial charge in [0.2, 0.25) is 0 Å². The van der Waals surface area contributed by atoms with E-state index in [2.05, 4.69) is 98.9 Å². The Morgan fingerprint density at radius 3 is 1.09 bits per heavy atom. The van der Waals surface area contributed by atoms with Crippen LogP contribution in [0.4, 0.5) is 0 Å². The molecule has 0 bridgehead atoms. The standard InChI is InChI=1S/C65H116NO8P/c1-3-5-7-9-11-13-15-17-19-21-23-25-27-29-30-31-32-34-36-38-40-42-44-46-48-50-52-54-56-58-65(68)74-63(62-73-75(69,70)72-60-59-66)61-71-64(67)57-55-53-51-49-47-45-43-41-39-37-35-33-28-26-24-22-20-18-16-14-12-10-8-6-4-2/h5,7,11,13,16-19,22-25,28,33,63H,3-4,6,8-10,12,14-15,20-21,26-27,29-32,34-62,66H2,1-2H3,(H,69,70)/b7-5-,13-11-,18-16-,19-17-,24-22-,25-23-,33-28-. The summed E-state index contributed by atoms with van der Waals surface area (Å²) in [7, 11) is -4.39. The van der Waals surface area contributed by atoms with Crippen LogP contribution >= 0.6 is 7.82 Å². The van der Waals surface area contributed by atoms with Crippen LogP contribution in [0.25, 0.3) is 0 Å². The van der Waals surface area contributed by atoms with Crippen LogP contribution in [-0.2, 0) is 32.7 Å². The second-order valence-electron chi connectivity index (χ2n) is 20.5. The summed E-state index contributed by atoms with van der Waals surface area (Å²) in [4.78, 5) is 35.3. The van der Waals surface area contributed by atoms with Crippen molar-refractivity contribution in [2.24, 2.45) is 5.73 Å². The maximum absolute atomic E-state index is 12.7. The quantitative estimate of drug-likeness (QED) is 0.0264. The Morgan fingerprint density at radius 1 is 0.413 bits per heavy atom. The average molecular weight is 1070 g/mol. The highest BCUT2D eigenvalue weighted by molar-refractivity contribution is 7.47. The second-order valence-corrected chi connectivity index (χ2v) is 22.0. The Hall–Kier alpha value is -2.81. The van der Waals surface area contributed by atoms with Crippen LogP contribution in [0, 0.1) is 0 Å². The zero-order valence-electron chi connectivity index (χ0n) is 48.5. The van der Waals surface area contributed by atoms with Gasteiger partial charge in [0, 0.05) is 19.4 Å². The topological polar surface area (TPSA) is 134 Å². The van der Waals surface area contributed by atoms with E-state index >= 15 is 0 Å². The lowest BCUT2D eigenvalue weighted by Crippen LogP contribution is -2.29.